The van der Waals surface area contributed by atoms with Crippen LogP contribution < -0.4 is 0 Å². The van der Waals surface area contributed by atoms with Gasteiger partial charge in [0.05, 0.1) is 0 Å². The Morgan fingerprint density at radius 1 is 1.36 bits per heavy atom. The van der Waals surface area contributed by atoms with Gasteiger partial charge in [0.1, 0.15) is 0 Å². The minimum Gasteiger partial charge on any atom is -0.0958 e. The predicted molar refractivity (Wildman–Crippen MR) is 50.4 cm³/mol. The Hall–Kier alpha value is -1.04. The molecule has 1 aliphatic rings. The van der Waals surface area contributed by atoms with E-state index in [9.17, 15) is 0 Å². The maximum absolute atomic E-state index is 3.92. The Balaban J connectivity index is 2.73. The molecule has 0 radical (unpaired) electrons. The Labute approximate surface area is 68.6 Å². The Morgan fingerprint density at radius 3 is 2.91 bits per heavy atom. The fourth-order valence-corrected chi connectivity index (χ4v) is 1.09. The minimum atomic E-state index is 1.12. The van der Waals surface area contributed by atoms with Crippen molar-refractivity contribution in [3.8, 4) is 0 Å². The zero-order valence-electron chi connectivity index (χ0n) is 7.01. The Morgan fingerprint density at radius 2 is 2.18 bits per heavy atom. The third kappa shape index (κ3) is 2.58. The lowest BCUT2D eigenvalue weighted by atomic mass is 10.0. The summed E-state index contributed by atoms with van der Waals surface area (Å²) < 4.78 is 0. The first kappa shape index (κ1) is 8.06. The lowest BCUT2D eigenvalue weighted by Gasteiger charge is -2.04. The molecule has 0 unspecified atom stereocenters. The van der Waals surface area contributed by atoms with Crippen molar-refractivity contribution < 1.29 is 0 Å². The largest absolute Gasteiger partial charge is 0.0958 e. The van der Waals surface area contributed by atoms with Gasteiger partial charge in [0, 0.05) is 0 Å². The minimum absolute atomic E-state index is 1.12. The normalized spacial score (nSPS) is 27.5. The number of allylic oxidation sites excluding steroid dienone is 7. The topological polar surface area (TPSA) is 0 Å². The zero-order chi connectivity index (χ0) is 8.10. The molecule has 0 spiro atoms. The van der Waals surface area contributed by atoms with Crippen molar-refractivity contribution in [3.05, 3.63) is 48.1 Å². The van der Waals surface area contributed by atoms with Crippen LogP contribution in [0.4, 0.5) is 0 Å². The van der Waals surface area contributed by atoms with Gasteiger partial charge in [-0.05, 0) is 25.3 Å². The number of rotatable bonds is 1. The molecule has 0 aliphatic heterocycles. The molecule has 0 atom stereocenters. The third-order valence-corrected chi connectivity index (χ3v) is 1.78. The molecule has 0 saturated heterocycles. The second-order valence-corrected chi connectivity index (χ2v) is 2.82. The molecule has 0 nitrogen and oxygen atoms in total. The fourth-order valence-electron chi connectivity index (χ4n) is 1.09. The van der Waals surface area contributed by atoms with E-state index in [2.05, 4.69) is 43.9 Å². The van der Waals surface area contributed by atoms with Crippen molar-refractivity contribution in [2.24, 2.45) is 0 Å². The van der Waals surface area contributed by atoms with E-state index in [-0.39, 0.29) is 0 Å². The third-order valence-electron chi connectivity index (χ3n) is 1.78. The van der Waals surface area contributed by atoms with E-state index >= 15 is 0 Å². The van der Waals surface area contributed by atoms with Crippen LogP contribution in [-0.2, 0) is 0 Å². The van der Waals surface area contributed by atoms with Gasteiger partial charge < -0.3 is 0 Å². The summed E-state index contributed by atoms with van der Waals surface area (Å²) in [5.74, 6) is 0. The van der Waals surface area contributed by atoms with Crippen LogP contribution in [0, 0.1) is 0 Å². The summed E-state index contributed by atoms with van der Waals surface area (Å²) in [6, 6.07) is 0. The zero-order valence-corrected chi connectivity index (χ0v) is 7.01. The highest BCUT2D eigenvalue weighted by molar-refractivity contribution is 5.32. The van der Waals surface area contributed by atoms with E-state index in [1.807, 2.05) is 0 Å². The van der Waals surface area contributed by atoms with Crippen LogP contribution in [0.5, 0.6) is 0 Å². The molecule has 0 aromatic rings. The second-order valence-electron chi connectivity index (χ2n) is 2.82. The molecule has 0 aromatic carbocycles. The SMILES string of the molecule is C=C(C)/C1=C/C=C\C=C/CC1. The molecular weight excluding hydrogens is 132 g/mol. The fraction of sp³-hybridized carbons (Fsp3) is 0.273. The van der Waals surface area contributed by atoms with E-state index in [1.165, 1.54) is 11.1 Å². The summed E-state index contributed by atoms with van der Waals surface area (Å²) in [7, 11) is 0. The van der Waals surface area contributed by atoms with Crippen LogP contribution in [0.3, 0.4) is 0 Å². The average molecular weight is 146 g/mol. The van der Waals surface area contributed by atoms with Crippen molar-refractivity contribution in [2.45, 2.75) is 19.8 Å². The van der Waals surface area contributed by atoms with Crippen LogP contribution in [0.1, 0.15) is 19.8 Å². The molecule has 0 heteroatoms. The summed E-state index contributed by atoms with van der Waals surface area (Å²) in [4.78, 5) is 0. The number of hydrogen-bond acceptors (Lipinski definition) is 0. The summed E-state index contributed by atoms with van der Waals surface area (Å²) >= 11 is 0. The maximum Gasteiger partial charge on any atom is -0.0242 e. The van der Waals surface area contributed by atoms with Crippen LogP contribution in [0.15, 0.2) is 48.1 Å². The molecule has 0 fully saturated rings. The lowest BCUT2D eigenvalue weighted by molar-refractivity contribution is 0.984. The molecule has 0 N–H and O–H groups in total. The van der Waals surface area contributed by atoms with Crippen LogP contribution in [0.25, 0.3) is 0 Å². The van der Waals surface area contributed by atoms with Gasteiger partial charge in [0.2, 0.25) is 0 Å². The molecule has 0 saturated carbocycles. The highest BCUT2D eigenvalue weighted by Crippen LogP contribution is 2.15. The van der Waals surface area contributed by atoms with Crippen molar-refractivity contribution >= 4 is 0 Å². The summed E-state index contributed by atoms with van der Waals surface area (Å²) in [6.07, 6.45) is 12.8. The molecule has 0 amide bonds. The highest BCUT2D eigenvalue weighted by Gasteiger charge is 1.95. The molecular formula is C11H14. The first-order chi connectivity index (χ1) is 5.30. The molecule has 11 heavy (non-hydrogen) atoms. The monoisotopic (exact) mass is 146 g/mol. The second kappa shape index (κ2) is 3.97. The molecule has 1 aliphatic carbocycles. The highest BCUT2D eigenvalue weighted by atomic mass is 14.0. The first-order valence-electron chi connectivity index (χ1n) is 3.99. The molecule has 0 aromatic heterocycles. The standard InChI is InChI=1S/C11H14/c1-10(2)11-8-6-4-3-5-7-9-11/h3-6,8H,1,7,9H2,2H3/b5-3-,6-4-,11-8+. The van der Waals surface area contributed by atoms with Crippen LogP contribution in [-0.4, -0.2) is 0 Å². The number of hydrogen-bond donors (Lipinski definition) is 0. The quantitative estimate of drug-likeness (QED) is 0.532. The van der Waals surface area contributed by atoms with Gasteiger partial charge in [-0.25, -0.2) is 0 Å². The van der Waals surface area contributed by atoms with E-state index in [1.54, 1.807) is 0 Å². The maximum atomic E-state index is 3.92. The van der Waals surface area contributed by atoms with Gasteiger partial charge in [0.25, 0.3) is 0 Å². The molecule has 58 valence electrons. The Bertz CT molecular complexity index is 226. The van der Waals surface area contributed by atoms with Gasteiger partial charge in [-0.2, -0.15) is 0 Å². The predicted octanol–water partition coefficient (Wildman–Crippen LogP) is 3.40. The van der Waals surface area contributed by atoms with Gasteiger partial charge >= 0.3 is 0 Å². The molecule has 1 rings (SSSR count). The summed E-state index contributed by atoms with van der Waals surface area (Å²) in [5, 5.41) is 0. The van der Waals surface area contributed by atoms with E-state index in [0.29, 0.717) is 0 Å². The van der Waals surface area contributed by atoms with Gasteiger partial charge in [-0.1, -0.05) is 42.5 Å². The smallest absolute Gasteiger partial charge is 0.0242 e. The summed E-state index contributed by atoms with van der Waals surface area (Å²) in [5.41, 5.74) is 2.55. The first-order valence-corrected chi connectivity index (χ1v) is 3.99. The van der Waals surface area contributed by atoms with E-state index < -0.39 is 0 Å². The van der Waals surface area contributed by atoms with Crippen molar-refractivity contribution in [1.82, 2.24) is 0 Å². The van der Waals surface area contributed by atoms with Crippen LogP contribution in [0.2, 0.25) is 0 Å². The molecule has 0 bridgehead atoms. The lowest BCUT2D eigenvalue weighted by Crippen LogP contribution is -1.84. The van der Waals surface area contributed by atoms with E-state index in [0.717, 1.165) is 12.8 Å². The van der Waals surface area contributed by atoms with E-state index in [4.69, 9.17) is 0 Å². The van der Waals surface area contributed by atoms with Gasteiger partial charge in [-0.15, -0.1) is 0 Å². The summed E-state index contributed by atoms with van der Waals surface area (Å²) in [6.45, 7) is 5.99. The van der Waals surface area contributed by atoms with Gasteiger partial charge in [-0.3, -0.25) is 0 Å². The average Bonchev–Trinajstić information content (AvgIpc) is 1.84. The molecule has 0 heterocycles. The van der Waals surface area contributed by atoms with Crippen molar-refractivity contribution in [2.75, 3.05) is 0 Å². The Kier molecular flexibility index (Phi) is 2.91. The van der Waals surface area contributed by atoms with Crippen LogP contribution >= 0.6 is 0 Å². The van der Waals surface area contributed by atoms with Crippen molar-refractivity contribution in [3.63, 3.8) is 0 Å². The van der Waals surface area contributed by atoms with Gasteiger partial charge in [0.15, 0.2) is 0 Å². The van der Waals surface area contributed by atoms with Crippen molar-refractivity contribution in [1.29, 1.82) is 0 Å².